The van der Waals surface area contributed by atoms with Gasteiger partial charge in [-0.1, -0.05) is 13.8 Å². The van der Waals surface area contributed by atoms with E-state index in [9.17, 15) is 20.4 Å². The summed E-state index contributed by atoms with van der Waals surface area (Å²) in [5, 5.41) is 47.6. The molecule has 5 N–H and O–H groups in total. The van der Waals surface area contributed by atoms with E-state index in [0.717, 1.165) is 0 Å². The fraction of sp³-hybridized carbons (Fsp3) is 1.00. The van der Waals surface area contributed by atoms with Crippen LogP contribution < -0.4 is 0 Å². The molecule has 1 aliphatic rings. The molecule has 0 radical (unpaired) electrons. The summed E-state index contributed by atoms with van der Waals surface area (Å²) in [7, 11) is 0. The molecule has 0 amide bonds. The molecule has 1 heterocycles. The highest BCUT2D eigenvalue weighted by molar-refractivity contribution is 4.86. The van der Waals surface area contributed by atoms with Gasteiger partial charge in [-0.3, -0.25) is 0 Å². The lowest BCUT2D eigenvalue weighted by Gasteiger charge is -2.29. The first kappa shape index (κ1) is 18.7. The summed E-state index contributed by atoms with van der Waals surface area (Å²) in [5.41, 5.74) is 0. The first-order chi connectivity index (χ1) is 9.77. The van der Waals surface area contributed by atoms with E-state index in [0.29, 0.717) is 0 Å². The van der Waals surface area contributed by atoms with Crippen LogP contribution in [-0.4, -0.2) is 81.8 Å². The molecule has 8 heteroatoms. The number of hydrogen-bond acceptors (Lipinski definition) is 8. The first-order valence-electron chi connectivity index (χ1n) is 7.03. The molecule has 6 unspecified atom stereocenters. The van der Waals surface area contributed by atoms with Gasteiger partial charge in [-0.2, -0.15) is 0 Å². The molecule has 1 fully saturated rings. The zero-order chi connectivity index (χ0) is 16.2. The summed E-state index contributed by atoms with van der Waals surface area (Å²) in [6.07, 6.45) is -7.72. The van der Waals surface area contributed by atoms with Gasteiger partial charge in [-0.25, -0.2) is 0 Å². The Morgan fingerprint density at radius 2 is 1.71 bits per heavy atom. The molecule has 0 aromatic carbocycles. The second-order valence-corrected chi connectivity index (χ2v) is 5.62. The van der Waals surface area contributed by atoms with Gasteiger partial charge in [0.1, 0.15) is 24.4 Å². The molecule has 7 atom stereocenters. The summed E-state index contributed by atoms with van der Waals surface area (Å²) >= 11 is 0. The number of aliphatic hydroxyl groups is 5. The maximum absolute atomic E-state index is 10.1. The summed E-state index contributed by atoms with van der Waals surface area (Å²) in [5.74, 6) is -0.115. The summed E-state index contributed by atoms with van der Waals surface area (Å²) in [4.78, 5) is 0. The molecule has 0 aromatic heterocycles. The van der Waals surface area contributed by atoms with Crippen LogP contribution >= 0.6 is 0 Å². The Morgan fingerprint density at radius 3 is 2.14 bits per heavy atom. The predicted octanol–water partition coefficient (Wildman–Crippen LogP) is -1.82. The third kappa shape index (κ3) is 5.11. The van der Waals surface area contributed by atoms with E-state index in [1.54, 1.807) is 20.8 Å². The zero-order valence-electron chi connectivity index (χ0n) is 12.5. The highest BCUT2D eigenvalue weighted by Gasteiger charge is 2.45. The highest BCUT2D eigenvalue weighted by atomic mass is 16.8. The van der Waals surface area contributed by atoms with Crippen LogP contribution in [-0.2, 0) is 14.2 Å². The maximum Gasteiger partial charge on any atom is 0.189 e. The van der Waals surface area contributed by atoms with Crippen molar-refractivity contribution in [3.63, 3.8) is 0 Å². The number of hydrogen-bond donors (Lipinski definition) is 5. The second kappa shape index (κ2) is 8.35. The van der Waals surface area contributed by atoms with E-state index in [1.807, 2.05) is 0 Å². The van der Waals surface area contributed by atoms with E-state index in [1.165, 1.54) is 0 Å². The molecule has 1 rings (SSSR count). The van der Waals surface area contributed by atoms with E-state index in [2.05, 4.69) is 0 Å². The van der Waals surface area contributed by atoms with Crippen LogP contribution in [0.1, 0.15) is 20.8 Å². The SMILES string of the molecule is CC(O)COC(C(C)C)[C@H](O)OC1OC(CO)C(O)C1O. The highest BCUT2D eigenvalue weighted by Crippen LogP contribution is 2.24. The van der Waals surface area contributed by atoms with Crippen molar-refractivity contribution in [2.75, 3.05) is 13.2 Å². The standard InChI is InChI=1S/C13H26O8/c1-6(2)11(19-5-7(3)15)12(18)21-13-10(17)9(16)8(4-14)20-13/h6-18H,4-5H2,1-3H3/t7?,8?,9?,10?,11?,12-,13?/m1/s1. The molecule has 21 heavy (non-hydrogen) atoms. The van der Waals surface area contributed by atoms with Crippen molar-refractivity contribution in [1.82, 2.24) is 0 Å². The molecular formula is C13H26O8. The molecular weight excluding hydrogens is 284 g/mol. The van der Waals surface area contributed by atoms with Gasteiger partial charge < -0.3 is 39.7 Å². The van der Waals surface area contributed by atoms with E-state index in [4.69, 9.17) is 19.3 Å². The van der Waals surface area contributed by atoms with Crippen LogP contribution in [0, 0.1) is 5.92 Å². The van der Waals surface area contributed by atoms with E-state index >= 15 is 0 Å². The molecule has 0 spiro atoms. The Bertz CT molecular complexity index is 298. The predicted molar refractivity (Wildman–Crippen MR) is 71.1 cm³/mol. The molecule has 8 nitrogen and oxygen atoms in total. The lowest BCUT2D eigenvalue weighted by Crippen LogP contribution is -2.42. The van der Waals surface area contributed by atoms with Crippen LogP contribution in [0.4, 0.5) is 0 Å². The smallest absolute Gasteiger partial charge is 0.189 e. The molecule has 1 aliphatic heterocycles. The normalized spacial score (nSPS) is 34.1. The van der Waals surface area contributed by atoms with E-state index in [-0.39, 0.29) is 12.5 Å². The molecule has 0 bridgehead atoms. The fourth-order valence-electron chi connectivity index (χ4n) is 2.05. The zero-order valence-corrected chi connectivity index (χ0v) is 12.5. The molecule has 0 saturated carbocycles. The van der Waals surface area contributed by atoms with Crippen LogP contribution in [0.5, 0.6) is 0 Å². The van der Waals surface area contributed by atoms with Crippen molar-refractivity contribution in [3.8, 4) is 0 Å². The number of rotatable bonds is 8. The van der Waals surface area contributed by atoms with Gasteiger partial charge in [0.2, 0.25) is 0 Å². The van der Waals surface area contributed by atoms with Crippen molar-refractivity contribution in [2.24, 2.45) is 5.92 Å². The fourth-order valence-corrected chi connectivity index (χ4v) is 2.05. The van der Waals surface area contributed by atoms with Gasteiger partial charge in [-0.15, -0.1) is 0 Å². The van der Waals surface area contributed by atoms with Gasteiger partial charge in [0.15, 0.2) is 12.6 Å². The molecule has 1 saturated heterocycles. The van der Waals surface area contributed by atoms with Crippen LogP contribution in [0.3, 0.4) is 0 Å². The summed E-state index contributed by atoms with van der Waals surface area (Å²) in [6, 6.07) is 0. The van der Waals surface area contributed by atoms with Crippen LogP contribution in [0.15, 0.2) is 0 Å². The van der Waals surface area contributed by atoms with Crippen molar-refractivity contribution < 1.29 is 39.7 Å². The minimum absolute atomic E-state index is 0.0270. The average molecular weight is 310 g/mol. The lowest BCUT2D eigenvalue weighted by atomic mass is 10.1. The van der Waals surface area contributed by atoms with Crippen molar-refractivity contribution in [3.05, 3.63) is 0 Å². The number of ether oxygens (including phenoxy) is 3. The number of aliphatic hydroxyl groups excluding tert-OH is 5. The second-order valence-electron chi connectivity index (χ2n) is 5.62. The molecule has 0 aromatic rings. The minimum Gasteiger partial charge on any atom is -0.394 e. The van der Waals surface area contributed by atoms with E-state index < -0.39 is 49.7 Å². The first-order valence-corrected chi connectivity index (χ1v) is 7.03. The Kier molecular flexibility index (Phi) is 7.45. The monoisotopic (exact) mass is 310 g/mol. The minimum atomic E-state index is -1.41. The quantitative estimate of drug-likeness (QED) is 0.332. The van der Waals surface area contributed by atoms with Gasteiger partial charge in [0.25, 0.3) is 0 Å². The Hall–Kier alpha value is -0.320. The maximum atomic E-state index is 10.1. The third-order valence-electron chi connectivity index (χ3n) is 3.24. The Labute approximate surface area is 123 Å². The van der Waals surface area contributed by atoms with Gasteiger partial charge in [0, 0.05) is 0 Å². The lowest BCUT2D eigenvalue weighted by molar-refractivity contribution is -0.280. The van der Waals surface area contributed by atoms with Crippen LogP contribution in [0.25, 0.3) is 0 Å². The summed E-state index contributed by atoms with van der Waals surface area (Å²) < 4.78 is 15.7. The van der Waals surface area contributed by atoms with Crippen molar-refractivity contribution in [1.29, 1.82) is 0 Å². The summed E-state index contributed by atoms with van der Waals surface area (Å²) in [6.45, 7) is 4.71. The Morgan fingerprint density at radius 1 is 1.10 bits per heavy atom. The topological polar surface area (TPSA) is 129 Å². The van der Waals surface area contributed by atoms with Crippen molar-refractivity contribution >= 4 is 0 Å². The van der Waals surface area contributed by atoms with Gasteiger partial charge in [-0.05, 0) is 12.8 Å². The van der Waals surface area contributed by atoms with Crippen molar-refractivity contribution in [2.45, 2.75) is 63.9 Å². The van der Waals surface area contributed by atoms with Crippen LogP contribution in [0.2, 0.25) is 0 Å². The third-order valence-corrected chi connectivity index (χ3v) is 3.24. The average Bonchev–Trinajstić information content (AvgIpc) is 2.66. The largest absolute Gasteiger partial charge is 0.394 e. The van der Waals surface area contributed by atoms with Gasteiger partial charge >= 0.3 is 0 Å². The van der Waals surface area contributed by atoms with Gasteiger partial charge in [0.05, 0.1) is 19.3 Å². The molecule has 0 aliphatic carbocycles. The molecule has 126 valence electrons. The Balaban J connectivity index is 2.58.